The number of hydrogen-bond acceptors (Lipinski definition) is 7. The molecule has 1 N–H and O–H groups in total. The minimum Gasteiger partial charge on any atom is -0.493 e. The summed E-state index contributed by atoms with van der Waals surface area (Å²) in [6.07, 6.45) is 1.25. The molecular weight excluding hydrogens is 388 g/mol. The van der Waals surface area contributed by atoms with Crippen molar-refractivity contribution in [1.29, 1.82) is 0 Å². The molecule has 1 atom stereocenters. The molecule has 2 aliphatic rings. The number of ether oxygens (including phenoxy) is 2. The first-order valence-electron chi connectivity index (χ1n) is 8.98. The van der Waals surface area contributed by atoms with Crippen LogP contribution in [0.1, 0.15) is 11.7 Å². The lowest BCUT2D eigenvalue weighted by atomic mass is 10.1. The van der Waals surface area contributed by atoms with Crippen LogP contribution in [0.5, 0.6) is 11.5 Å². The quantitative estimate of drug-likeness (QED) is 0.763. The molecule has 0 saturated carbocycles. The standard InChI is InChI=1S/C21H20N4O3S/c1-4-11-29-21-23-20(26)18-14-7-5-6-8-15(14)22-19(25(18)24-21)13-9-10-16(27-2)17(12-13)28-3/h4-10,12,19H,1,11H2,2-3H3,(H,23,24,26). The zero-order chi connectivity index (χ0) is 20.4. The molecule has 0 aliphatic carbocycles. The van der Waals surface area contributed by atoms with Gasteiger partial charge in [-0.2, -0.15) is 0 Å². The topological polar surface area (TPSA) is 75.5 Å². The summed E-state index contributed by atoms with van der Waals surface area (Å²) in [6.45, 7) is 3.72. The lowest BCUT2D eigenvalue weighted by molar-refractivity contribution is -0.116. The fourth-order valence-corrected chi connectivity index (χ4v) is 3.85. The molecule has 2 aliphatic heterocycles. The van der Waals surface area contributed by atoms with E-state index in [1.165, 1.54) is 11.8 Å². The molecule has 0 aromatic heterocycles. The van der Waals surface area contributed by atoms with Crippen LogP contribution in [0.25, 0.3) is 5.70 Å². The van der Waals surface area contributed by atoms with Crippen LogP contribution in [-0.4, -0.2) is 36.1 Å². The predicted octanol–water partition coefficient (Wildman–Crippen LogP) is 1.77. The molecule has 0 saturated heterocycles. The maximum atomic E-state index is 13.0. The number of para-hydroxylation sites is 1. The van der Waals surface area contributed by atoms with Crippen molar-refractivity contribution < 1.29 is 14.3 Å². The maximum Gasteiger partial charge on any atom is 0.276 e. The summed E-state index contributed by atoms with van der Waals surface area (Å²) in [5.74, 6) is 1.64. The molecule has 0 bridgehead atoms. The second-order valence-corrected chi connectivity index (χ2v) is 7.30. The number of hydrazone groups is 1. The average Bonchev–Trinajstić information content (AvgIpc) is 2.76. The van der Waals surface area contributed by atoms with Gasteiger partial charge in [0.05, 0.1) is 19.6 Å². The average molecular weight is 408 g/mol. The van der Waals surface area contributed by atoms with E-state index in [0.29, 0.717) is 28.1 Å². The van der Waals surface area contributed by atoms with E-state index < -0.39 is 6.17 Å². The van der Waals surface area contributed by atoms with E-state index in [1.807, 2.05) is 42.5 Å². The Kier molecular flexibility index (Phi) is 5.26. The molecule has 4 rings (SSSR count). The van der Waals surface area contributed by atoms with Crippen LogP contribution >= 0.6 is 11.8 Å². The Morgan fingerprint density at radius 2 is 2.00 bits per heavy atom. The monoisotopic (exact) mass is 408 g/mol. The van der Waals surface area contributed by atoms with E-state index in [4.69, 9.17) is 14.5 Å². The third-order valence-electron chi connectivity index (χ3n) is 4.56. The number of rotatable bonds is 5. The van der Waals surface area contributed by atoms with Gasteiger partial charge in [0.2, 0.25) is 0 Å². The van der Waals surface area contributed by atoms with E-state index in [1.54, 1.807) is 25.3 Å². The molecule has 1 amide bonds. The fraction of sp³-hybridized carbons (Fsp3) is 0.190. The van der Waals surface area contributed by atoms with Crippen LogP contribution in [0.3, 0.4) is 0 Å². The first-order valence-corrected chi connectivity index (χ1v) is 9.97. The number of carbonyl (C=O) groups is 1. The van der Waals surface area contributed by atoms with Gasteiger partial charge in [0, 0.05) is 16.5 Å². The summed E-state index contributed by atoms with van der Waals surface area (Å²) in [4.78, 5) is 17.8. The number of amidine groups is 1. The number of thioether (sulfide) groups is 1. The number of methoxy groups -OCH3 is 2. The first kappa shape index (κ1) is 19.1. The predicted molar refractivity (Wildman–Crippen MR) is 113 cm³/mol. The summed E-state index contributed by atoms with van der Waals surface area (Å²) < 4.78 is 10.8. The normalized spacial score (nSPS) is 17.4. The van der Waals surface area contributed by atoms with Crippen LogP contribution in [0, 0.1) is 0 Å². The van der Waals surface area contributed by atoms with Crippen molar-refractivity contribution in [3.63, 3.8) is 0 Å². The Hall–Kier alpha value is -3.26. The number of nitrogens with zero attached hydrogens (tertiary/aromatic N) is 3. The van der Waals surface area contributed by atoms with Gasteiger partial charge in [-0.05, 0) is 18.2 Å². The Labute approximate surface area is 172 Å². The Bertz CT molecular complexity index is 1130. The van der Waals surface area contributed by atoms with Gasteiger partial charge in [-0.1, -0.05) is 42.1 Å². The van der Waals surface area contributed by atoms with Crippen LogP contribution in [0.4, 0.5) is 0 Å². The maximum absolute atomic E-state index is 13.0. The van der Waals surface area contributed by atoms with Gasteiger partial charge in [-0.15, -0.1) is 11.7 Å². The zero-order valence-electron chi connectivity index (χ0n) is 16.1. The molecule has 148 valence electrons. The highest BCUT2D eigenvalue weighted by Gasteiger charge is 2.34. The van der Waals surface area contributed by atoms with E-state index >= 15 is 0 Å². The van der Waals surface area contributed by atoms with Crippen molar-refractivity contribution >= 4 is 28.5 Å². The second kappa shape index (κ2) is 8.00. The molecule has 7 nitrogen and oxygen atoms in total. The van der Waals surface area contributed by atoms with Crippen molar-refractivity contribution in [2.75, 3.05) is 20.0 Å². The summed E-state index contributed by atoms with van der Waals surface area (Å²) in [5.41, 5.74) is 1.31. The largest absolute Gasteiger partial charge is 0.493 e. The highest BCUT2D eigenvalue weighted by Crippen LogP contribution is 2.35. The summed E-state index contributed by atoms with van der Waals surface area (Å²) in [6, 6.07) is 13.1. The zero-order valence-corrected chi connectivity index (χ0v) is 16.9. The third kappa shape index (κ3) is 3.47. The number of hydrogen-bond donors (Lipinski definition) is 1. The van der Waals surface area contributed by atoms with Crippen molar-refractivity contribution in [2.45, 2.75) is 6.17 Å². The molecule has 0 fully saturated rings. The fourth-order valence-electron chi connectivity index (χ4n) is 3.26. The summed E-state index contributed by atoms with van der Waals surface area (Å²) >= 11 is 1.41. The molecule has 2 aromatic rings. The highest BCUT2D eigenvalue weighted by molar-refractivity contribution is 8.14. The molecule has 2 heterocycles. The van der Waals surface area contributed by atoms with Crippen molar-refractivity contribution in [2.24, 2.45) is 10.1 Å². The van der Waals surface area contributed by atoms with Crippen LogP contribution in [-0.2, 0) is 4.79 Å². The van der Waals surface area contributed by atoms with Gasteiger partial charge in [-0.3, -0.25) is 15.1 Å². The lowest BCUT2D eigenvalue weighted by Crippen LogP contribution is -2.50. The number of nitrogens with one attached hydrogen (secondary N) is 1. The number of carbonyl (C=O) groups excluding carboxylic acids is 1. The first-order chi connectivity index (χ1) is 14.2. The highest BCUT2D eigenvalue weighted by atomic mass is 32.2. The molecule has 1 unspecified atom stereocenters. The molecule has 0 radical (unpaired) electrons. The SMILES string of the molecule is C=CCSC1=NN2C(=c3ccccc3=NC2c2ccc(OC)c(OC)c2)C(=O)N1. The van der Waals surface area contributed by atoms with Crippen molar-refractivity contribution in [3.8, 4) is 11.5 Å². The van der Waals surface area contributed by atoms with Crippen LogP contribution in [0.15, 0.2) is 65.2 Å². The Balaban J connectivity index is 1.89. The van der Waals surface area contributed by atoms with Gasteiger partial charge in [0.25, 0.3) is 5.91 Å². The smallest absolute Gasteiger partial charge is 0.276 e. The van der Waals surface area contributed by atoms with E-state index in [0.717, 1.165) is 16.1 Å². The number of benzene rings is 2. The van der Waals surface area contributed by atoms with Gasteiger partial charge < -0.3 is 9.47 Å². The van der Waals surface area contributed by atoms with Crippen molar-refractivity contribution in [1.82, 2.24) is 10.3 Å². The Morgan fingerprint density at radius 1 is 1.21 bits per heavy atom. The number of fused-ring (bicyclic) bond motifs is 2. The van der Waals surface area contributed by atoms with Gasteiger partial charge >= 0.3 is 0 Å². The van der Waals surface area contributed by atoms with Crippen LogP contribution in [0.2, 0.25) is 0 Å². The number of amides is 1. The van der Waals surface area contributed by atoms with Gasteiger partial charge in [0.1, 0.15) is 5.70 Å². The second-order valence-electron chi connectivity index (χ2n) is 6.29. The molecule has 8 heteroatoms. The molecule has 0 spiro atoms. The lowest BCUT2D eigenvalue weighted by Gasteiger charge is -2.34. The minimum atomic E-state index is -0.509. The van der Waals surface area contributed by atoms with E-state index in [2.05, 4.69) is 17.0 Å². The third-order valence-corrected chi connectivity index (χ3v) is 5.42. The Morgan fingerprint density at radius 3 is 2.76 bits per heavy atom. The minimum absolute atomic E-state index is 0.209. The van der Waals surface area contributed by atoms with Gasteiger partial charge in [0.15, 0.2) is 22.8 Å². The van der Waals surface area contributed by atoms with Crippen molar-refractivity contribution in [3.05, 3.63) is 71.3 Å². The molecule has 2 aromatic carbocycles. The summed E-state index contributed by atoms with van der Waals surface area (Å²) in [7, 11) is 3.18. The molecular formula is C21H20N4O3S. The van der Waals surface area contributed by atoms with Gasteiger partial charge in [-0.25, -0.2) is 5.01 Å². The van der Waals surface area contributed by atoms with E-state index in [9.17, 15) is 4.79 Å². The van der Waals surface area contributed by atoms with E-state index in [-0.39, 0.29) is 5.91 Å². The molecule has 29 heavy (non-hydrogen) atoms. The van der Waals surface area contributed by atoms with Crippen LogP contribution < -0.4 is 25.4 Å². The summed E-state index contributed by atoms with van der Waals surface area (Å²) in [5, 5.41) is 11.2.